The molecule has 0 spiro atoms. The van der Waals surface area contributed by atoms with Crippen LogP contribution in [0.4, 0.5) is 0 Å². The molecule has 0 aromatic heterocycles. The molecule has 4 nitrogen and oxygen atoms in total. The Morgan fingerprint density at radius 3 is 2.10 bits per heavy atom. The molecule has 1 heterocycles. The van der Waals surface area contributed by atoms with Crippen LogP contribution in [0, 0.1) is 5.41 Å². The summed E-state index contributed by atoms with van der Waals surface area (Å²) in [6, 6.07) is 0. The molecule has 10 heavy (non-hydrogen) atoms. The van der Waals surface area contributed by atoms with Gasteiger partial charge in [0.1, 0.15) is 6.61 Å². The third kappa shape index (κ3) is 0.726. The molecule has 1 fully saturated rings. The lowest BCUT2D eigenvalue weighted by atomic mass is 9.87. The maximum Gasteiger partial charge on any atom is 0.367 e. The monoisotopic (exact) mass is 146 g/mol. The van der Waals surface area contributed by atoms with Crippen LogP contribution in [0.1, 0.15) is 13.8 Å². The molecule has 0 radical (unpaired) electrons. The van der Waals surface area contributed by atoms with E-state index in [1.807, 2.05) is 0 Å². The number of aliphatic hydroxyl groups is 2. The van der Waals surface area contributed by atoms with Crippen LogP contribution >= 0.6 is 0 Å². The Kier molecular flexibility index (Phi) is 1.28. The lowest BCUT2D eigenvalue weighted by Gasteiger charge is -2.24. The van der Waals surface area contributed by atoms with Gasteiger partial charge in [-0.2, -0.15) is 0 Å². The maximum absolute atomic E-state index is 10.6. The van der Waals surface area contributed by atoms with Crippen molar-refractivity contribution in [1.82, 2.24) is 0 Å². The molecule has 0 atom stereocenters. The smallest absolute Gasteiger partial charge is 0.367 e. The zero-order valence-electron chi connectivity index (χ0n) is 5.92. The highest BCUT2D eigenvalue weighted by Crippen LogP contribution is 2.35. The quantitative estimate of drug-likeness (QED) is 0.348. The molecule has 0 aliphatic carbocycles. The summed E-state index contributed by atoms with van der Waals surface area (Å²) in [4.78, 5) is 10.6. The van der Waals surface area contributed by atoms with E-state index < -0.39 is 17.2 Å². The maximum atomic E-state index is 10.6. The van der Waals surface area contributed by atoms with Crippen molar-refractivity contribution in [3.63, 3.8) is 0 Å². The Morgan fingerprint density at radius 1 is 1.50 bits per heavy atom. The van der Waals surface area contributed by atoms with Gasteiger partial charge in [0.2, 0.25) is 0 Å². The van der Waals surface area contributed by atoms with Crippen molar-refractivity contribution >= 4 is 5.97 Å². The average molecular weight is 146 g/mol. The minimum absolute atomic E-state index is 0.0544. The van der Waals surface area contributed by atoms with E-state index >= 15 is 0 Å². The van der Waals surface area contributed by atoms with Crippen LogP contribution in [0.25, 0.3) is 0 Å². The largest absolute Gasteiger partial charge is 0.461 e. The predicted molar refractivity (Wildman–Crippen MR) is 31.9 cm³/mol. The van der Waals surface area contributed by atoms with E-state index in [0.29, 0.717) is 0 Å². The van der Waals surface area contributed by atoms with E-state index in [4.69, 9.17) is 10.2 Å². The third-order valence-electron chi connectivity index (χ3n) is 1.79. The van der Waals surface area contributed by atoms with Crippen LogP contribution in [0.15, 0.2) is 0 Å². The molecule has 0 unspecified atom stereocenters. The van der Waals surface area contributed by atoms with Crippen LogP contribution < -0.4 is 0 Å². The number of esters is 1. The van der Waals surface area contributed by atoms with Crippen molar-refractivity contribution in [2.45, 2.75) is 19.6 Å². The molecule has 0 aromatic rings. The highest BCUT2D eigenvalue weighted by molar-refractivity contribution is 5.80. The number of carbonyl (C=O) groups is 1. The van der Waals surface area contributed by atoms with Crippen molar-refractivity contribution in [3.05, 3.63) is 0 Å². The molecule has 58 valence electrons. The first kappa shape index (κ1) is 7.50. The first-order valence-corrected chi connectivity index (χ1v) is 3.00. The summed E-state index contributed by atoms with van der Waals surface area (Å²) in [5.41, 5.74) is -0.899. The van der Waals surface area contributed by atoms with Gasteiger partial charge in [0, 0.05) is 0 Å². The van der Waals surface area contributed by atoms with Crippen LogP contribution in [0.2, 0.25) is 0 Å². The molecule has 0 saturated carbocycles. The van der Waals surface area contributed by atoms with Gasteiger partial charge in [-0.3, -0.25) is 0 Å². The summed E-state index contributed by atoms with van der Waals surface area (Å²) in [5, 5.41) is 18.1. The van der Waals surface area contributed by atoms with Gasteiger partial charge in [0.25, 0.3) is 5.79 Å². The standard InChI is InChI=1S/C6H10O4/c1-5(2)3-10-4(7)6(5,8)9/h8-9H,3H2,1-2H3. The van der Waals surface area contributed by atoms with Gasteiger partial charge in [0.05, 0.1) is 5.41 Å². The highest BCUT2D eigenvalue weighted by atomic mass is 16.6. The summed E-state index contributed by atoms with van der Waals surface area (Å²) < 4.78 is 4.44. The second-order valence-corrected chi connectivity index (χ2v) is 3.13. The Hall–Kier alpha value is -0.610. The van der Waals surface area contributed by atoms with E-state index in [-0.39, 0.29) is 6.61 Å². The molecule has 2 N–H and O–H groups in total. The van der Waals surface area contributed by atoms with Gasteiger partial charge < -0.3 is 14.9 Å². The fourth-order valence-corrected chi connectivity index (χ4v) is 0.724. The van der Waals surface area contributed by atoms with Crippen LogP contribution in [-0.4, -0.2) is 28.6 Å². The first-order valence-electron chi connectivity index (χ1n) is 3.00. The summed E-state index contributed by atoms with van der Waals surface area (Å²) in [7, 11) is 0. The Balaban J connectivity index is 2.95. The minimum atomic E-state index is -2.31. The second kappa shape index (κ2) is 1.71. The molecule has 4 heteroatoms. The lowest BCUT2D eigenvalue weighted by Crippen LogP contribution is -2.46. The normalized spacial score (nSPS) is 28.2. The zero-order valence-corrected chi connectivity index (χ0v) is 5.92. The SMILES string of the molecule is CC1(C)COC(=O)C1(O)O. The number of hydrogen-bond acceptors (Lipinski definition) is 4. The van der Waals surface area contributed by atoms with Crippen LogP contribution in [0.5, 0.6) is 0 Å². The van der Waals surface area contributed by atoms with Gasteiger partial charge in [-0.1, -0.05) is 13.8 Å². The Morgan fingerprint density at radius 2 is 2.00 bits per heavy atom. The minimum Gasteiger partial charge on any atom is -0.461 e. The lowest BCUT2D eigenvalue weighted by molar-refractivity contribution is -0.213. The number of cyclic esters (lactones) is 1. The van der Waals surface area contributed by atoms with Crippen molar-refractivity contribution < 1.29 is 19.7 Å². The fourth-order valence-electron chi connectivity index (χ4n) is 0.724. The Bertz CT molecular complexity index is 171. The molecule has 0 amide bonds. The number of rotatable bonds is 0. The van der Waals surface area contributed by atoms with Crippen molar-refractivity contribution in [1.29, 1.82) is 0 Å². The van der Waals surface area contributed by atoms with E-state index in [1.165, 1.54) is 0 Å². The topological polar surface area (TPSA) is 66.8 Å². The fraction of sp³-hybridized carbons (Fsp3) is 0.833. The van der Waals surface area contributed by atoms with E-state index in [9.17, 15) is 4.79 Å². The second-order valence-electron chi connectivity index (χ2n) is 3.13. The first-order chi connectivity index (χ1) is 4.38. The zero-order chi connectivity index (χ0) is 7.99. The van der Waals surface area contributed by atoms with E-state index in [2.05, 4.69) is 4.74 Å². The molecule has 1 aliphatic rings. The van der Waals surface area contributed by atoms with Crippen molar-refractivity contribution in [2.75, 3.05) is 6.61 Å². The van der Waals surface area contributed by atoms with Crippen molar-refractivity contribution in [3.8, 4) is 0 Å². The van der Waals surface area contributed by atoms with Crippen molar-refractivity contribution in [2.24, 2.45) is 5.41 Å². The summed E-state index contributed by atoms with van der Waals surface area (Å²) >= 11 is 0. The highest BCUT2D eigenvalue weighted by Gasteiger charge is 2.56. The molecule has 1 aliphatic heterocycles. The molecular formula is C6H10O4. The van der Waals surface area contributed by atoms with Crippen LogP contribution in [-0.2, 0) is 9.53 Å². The van der Waals surface area contributed by atoms with E-state index in [1.54, 1.807) is 13.8 Å². The van der Waals surface area contributed by atoms with Gasteiger partial charge in [0.15, 0.2) is 0 Å². The average Bonchev–Trinajstić information content (AvgIpc) is 1.94. The number of carbonyl (C=O) groups excluding carboxylic acids is 1. The van der Waals surface area contributed by atoms with Gasteiger partial charge in [-0.25, -0.2) is 4.79 Å². The van der Waals surface area contributed by atoms with E-state index in [0.717, 1.165) is 0 Å². The molecule has 0 aromatic carbocycles. The third-order valence-corrected chi connectivity index (χ3v) is 1.79. The van der Waals surface area contributed by atoms with Gasteiger partial charge >= 0.3 is 5.97 Å². The van der Waals surface area contributed by atoms with Gasteiger partial charge in [-0.05, 0) is 0 Å². The van der Waals surface area contributed by atoms with Crippen LogP contribution in [0.3, 0.4) is 0 Å². The predicted octanol–water partition coefficient (Wildman–Crippen LogP) is -0.750. The molecule has 1 saturated heterocycles. The molecular weight excluding hydrogens is 136 g/mol. The molecule has 1 rings (SSSR count). The van der Waals surface area contributed by atoms with Gasteiger partial charge in [-0.15, -0.1) is 0 Å². The summed E-state index contributed by atoms with van der Waals surface area (Å²) in [6.45, 7) is 3.16. The molecule has 0 bridgehead atoms. The summed E-state index contributed by atoms with van der Waals surface area (Å²) in [5.74, 6) is -3.27. The number of ether oxygens (including phenoxy) is 1. The number of hydrogen-bond donors (Lipinski definition) is 2. The Labute approximate surface area is 58.4 Å². The summed E-state index contributed by atoms with van der Waals surface area (Å²) in [6.07, 6.45) is 0.